The predicted molar refractivity (Wildman–Crippen MR) is 93.2 cm³/mol. The number of nitrogens with zero attached hydrogens (tertiary/aromatic N) is 1. The molecule has 0 amide bonds. The van der Waals surface area contributed by atoms with Gasteiger partial charge in [0.15, 0.2) is 0 Å². The van der Waals surface area contributed by atoms with Crippen LogP contribution in [0.5, 0.6) is 0 Å². The van der Waals surface area contributed by atoms with Crippen molar-refractivity contribution in [2.75, 3.05) is 7.05 Å². The molecule has 5 atom stereocenters. The van der Waals surface area contributed by atoms with Gasteiger partial charge in [-0.05, 0) is 53.7 Å². The Balaban J connectivity index is 1.84. The maximum Gasteiger partial charge on any atom is 0.0184 e. The van der Waals surface area contributed by atoms with Gasteiger partial charge >= 0.3 is 0 Å². The first-order chi connectivity index (χ1) is 10.3. The van der Waals surface area contributed by atoms with Gasteiger partial charge in [0.05, 0.1) is 0 Å². The predicted octanol–water partition coefficient (Wildman–Crippen LogP) is 5.03. The second-order valence-electron chi connectivity index (χ2n) is 9.07. The van der Waals surface area contributed by atoms with Crippen LogP contribution >= 0.6 is 0 Å². The minimum atomic E-state index is 0.500. The molecule has 5 unspecified atom stereocenters. The second kappa shape index (κ2) is 4.38. The minimum Gasteiger partial charge on any atom is -0.300 e. The van der Waals surface area contributed by atoms with Crippen molar-refractivity contribution >= 4 is 0 Å². The molecular weight excluding hydrogens is 266 g/mol. The van der Waals surface area contributed by atoms with Gasteiger partial charge in [-0.3, -0.25) is 4.90 Å². The van der Waals surface area contributed by atoms with Gasteiger partial charge in [0.1, 0.15) is 0 Å². The number of rotatable bonds is 2. The van der Waals surface area contributed by atoms with Crippen molar-refractivity contribution in [3.8, 4) is 0 Å². The van der Waals surface area contributed by atoms with Gasteiger partial charge in [0.25, 0.3) is 0 Å². The van der Waals surface area contributed by atoms with Crippen LogP contribution in [-0.2, 0) is 0 Å². The van der Waals surface area contributed by atoms with Crippen LogP contribution in [0.3, 0.4) is 0 Å². The topological polar surface area (TPSA) is 3.24 Å². The Hall–Kier alpha value is -0.820. The highest BCUT2D eigenvalue weighted by atomic mass is 15.3. The fourth-order valence-corrected chi connectivity index (χ4v) is 6.28. The molecule has 2 aliphatic heterocycles. The molecule has 5 rings (SSSR count). The quantitative estimate of drug-likeness (QED) is 0.740. The molecule has 0 N–H and O–H groups in total. The number of hydrogen-bond donors (Lipinski definition) is 0. The largest absolute Gasteiger partial charge is 0.300 e. The van der Waals surface area contributed by atoms with E-state index in [1.807, 2.05) is 0 Å². The number of hydrogen-bond acceptors (Lipinski definition) is 1. The molecular formula is C21H31N. The van der Waals surface area contributed by atoms with E-state index >= 15 is 0 Å². The maximum absolute atomic E-state index is 2.67. The molecule has 1 aromatic rings. The van der Waals surface area contributed by atoms with E-state index in [4.69, 9.17) is 0 Å². The summed E-state index contributed by atoms with van der Waals surface area (Å²) in [5, 5.41) is 0. The van der Waals surface area contributed by atoms with E-state index in [2.05, 4.69) is 70.8 Å². The number of likely N-dealkylation sites (N-methyl/N-ethyl adjacent to an activating group) is 1. The van der Waals surface area contributed by atoms with E-state index in [0.29, 0.717) is 16.7 Å². The Morgan fingerprint density at radius 1 is 1.18 bits per heavy atom. The molecule has 0 aromatic heterocycles. The Kier molecular flexibility index (Phi) is 2.94. The number of piperidine rings is 1. The van der Waals surface area contributed by atoms with Crippen LogP contribution in [0, 0.1) is 16.7 Å². The first-order valence-corrected chi connectivity index (χ1v) is 9.13. The van der Waals surface area contributed by atoms with Crippen molar-refractivity contribution in [2.45, 2.75) is 71.4 Å². The van der Waals surface area contributed by atoms with Crippen molar-refractivity contribution in [2.24, 2.45) is 16.7 Å². The molecule has 0 radical (unpaired) electrons. The summed E-state index contributed by atoms with van der Waals surface area (Å²) < 4.78 is 0. The minimum absolute atomic E-state index is 0.500. The molecule has 2 bridgehead atoms. The molecule has 2 aliphatic carbocycles. The monoisotopic (exact) mass is 297 g/mol. The molecule has 2 saturated heterocycles. The van der Waals surface area contributed by atoms with E-state index < -0.39 is 0 Å². The van der Waals surface area contributed by atoms with Crippen LogP contribution in [0.4, 0.5) is 0 Å². The van der Waals surface area contributed by atoms with Gasteiger partial charge in [0, 0.05) is 18.0 Å². The van der Waals surface area contributed by atoms with Crippen molar-refractivity contribution in [1.82, 2.24) is 4.90 Å². The van der Waals surface area contributed by atoms with Crippen LogP contribution in [0.1, 0.15) is 70.4 Å². The summed E-state index contributed by atoms with van der Waals surface area (Å²) in [6.07, 6.45) is 2.82. The molecule has 1 aromatic carbocycles. The van der Waals surface area contributed by atoms with E-state index in [1.54, 1.807) is 11.1 Å². The fraction of sp³-hybridized carbons (Fsp3) is 0.714. The third-order valence-corrected chi connectivity index (χ3v) is 8.05. The zero-order chi connectivity index (χ0) is 15.9. The summed E-state index contributed by atoms with van der Waals surface area (Å²) >= 11 is 0. The van der Waals surface area contributed by atoms with E-state index in [9.17, 15) is 0 Å². The van der Waals surface area contributed by atoms with Gasteiger partial charge in [-0.15, -0.1) is 0 Å². The molecule has 1 heteroatoms. The normalized spacial score (nSPS) is 42.5. The second-order valence-corrected chi connectivity index (χ2v) is 9.07. The Morgan fingerprint density at radius 2 is 1.82 bits per heavy atom. The Morgan fingerprint density at radius 3 is 2.36 bits per heavy atom. The average Bonchev–Trinajstić information content (AvgIpc) is 2.91. The molecule has 4 aliphatic rings. The third kappa shape index (κ3) is 1.54. The average molecular weight is 297 g/mol. The van der Waals surface area contributed by atoms with Gasteiger partial charge in [-0.2, -0.15) is 0 Å². The molecule has 2 heterocycles. The summed E-state index contributed by atoms with van der Waals surface area (Å²) in [4.78, 5) is 2.67. The Bertz CT molecular complexity index is 602. The van der Waals surface area contributed by atoms with Crippen molar-refractivity contribution in [3.63, 3.8) is 0 Å². The van der Waals surface area contributed by atoms with Gasteiger partial charge < -0.3 is 0 Å². The van der Waals surface area contributed by atoms with Crippen LogP contribution in [0.2, 0.25) is 0 Å². The van der Waals surface area contributed by atoms with Crippen molar-refractivity contribution in [1.29, 1.82) is 0 Å². The molecule has 2 saturated carbocycles. The van der Waals surface area contributed by atoms with Gasteiger partial charge in [-0.25, -0.2) is 0 Å². The highest BCUT2D eigenvalue weighted by Gasteiger charge is 2.76. The molecule has 22 heavy (non-hydrogen) atoms. The zero-order valence-corrected chi connectivity index (χ0v) is 15.1. The highest BCUT2D eigenvalue weighted by molar-refractivity contribution is 5.42. The summed E-state index contributed by atoms with van der Waals surface area (Å²) in [6, 6.07) is 10.9. The summed E-state index contributed by atoms with van der Waals surface area (Å²) in [5.74, 6) is 2.20. The van der Waals surface area contributed by atoms with Crippen LogP contribution in [-0.4, -0.2) is 24.0 Å². The smallest absolute Gasteiger partial charge is 0.0184 e. The van der Waals surface area contributed by atoms with Crippen LogP contribution < -0.4 is 0 Å². The Labute approximate surface area is 136 Å². The number of benzene rings is 1. The van der Waals surface area contributed by atoms with Gasteiger partial charge in [0.2, 0.25) is 0 Å². The molecule has 1 nitrogen and oxygen atoms in total. The van der Waals surface area contributed by atoms with E-state index in [0.717, 1.165) is 23.9 Å². The maximum atomic E-state index is 2.67. The van der Waals surface area contributed by atoms with E-state index in [-0.39, 0.29) is 0 Å². The van der Waals surface area contributed by atoms with Crippen LogP contribution in [0.15, 0.2) is 24.3 Å². The third-order valence-electron chi connectivity index (χ3n) is 8.05. The first-order valence-electron chi connectivity index (χ1n) is 9.13. The lowest BCUT2D eigenvalue weighted by Gasteiger charge is -2.60. The zero-order valence-electron chi connectivity index (χ0n) is 15.1. The fourth-order valence-electron chi connectivity index (χ4n) is 6.28. The lowest BCUT2D eigenvalue weighted by molar-refractivity contribution is -0.0712. The lowest BCUT2D eigenvalue weighted by Crippen LogP contribution is -2.64. The van der Waals surface area contributed by atoms with E-state index in [1.165, 1.54) is 12.8 Å². The SMILES string of the molecule is CC(C)c1ccccc1C1C2CC(CC13C(C)C3(C)C)N2C. The molecule has 1 spiro atoms. The summed E-state index contributed by atoms with van der Waals surface area (Å²) in [5.41, 5.74) is 4.28. The summed E-state index contributed by atoms with van der Waals surface area (Å²) in [7, 11) is 2.36. The van der Waals surface area contributed by atoms with Crippen LogP contribution in [0.25, 0.3) is 0 Å². The van der Waals surface area contributed by atoms with Crippen molar-refractivity contribution in [3.05, 3.63) is 35.4 Å². The molecule has 120 valence electrons. The lowest BCUT2D eigenvalue weighted by atomic mass is 9.58. The standard InChI is InChI=1S/C21H31N/c1-13(2)16-9-7-8-10-17(16)19-18-11-15(22(18)6)12-21(19)14(3)20(21,4)5/h7-10,13-15,18-19H,11-12H2,1-6H3. The van der Waals surface area contributed by atoms with Crippen molar-refractivity contribution < 1.29 is 0 Å². The molecule has 4 fully saturated rings. The highest BCUT2D eigenvalue weighted by Crippen LogP contribution is 2.80. The summed E-state index contributed by atoms with van der Waals surface area (Å²) in [6.45, 7) is 12.3. The van der Waals surface area contributed by atoms with Gasteiger partial charge in [-0.1, -0.05) is 58.9 Å². The first kappa shape index (κ1) is 14.8.